The molecular formula is C16H12FNOS. The van der Waals surface area contributed by atoms with Crippen LogP contribution in [0.2, 0.25) is 0 Å². The number of thiazole rings is 1. The van der Waals surface area contributed by atoms with Crippen LogP contribution in [0.5, 0.6) is 0 Å². The Balaban J connectivity index is 1.70. The number of Topliss-reactive ketones (excluding diaryl/α,β-unsaturated/α-hetero) is 1. The van der Waals surface area contributed by atoms with Crippen LogP contribution in [0, 0.1) is 5.82 Å². The average molecular weight is 285 g/mol. The first-order valence-corrected chi connectivity index (χ1v) is 7.13. The Hall–Kier alpha value is -2.07. The molecule has 3 aromatic rings. The maximum atomic E-state index is 12.8. The van der Waals surface area contributed by atoms with E-state index in [1.165, 1.54) is 12.1 Å². The van der Waals surface area contributed by atoms with Gasteiger partial charge in [0.15, 0.2) is 0 Å². The van der Waals surface area contributed by atoms with Crippen LogP contribution in [0.4, 0.5) is 4.39 Å². The molecule has 4 heteroatoms. The maximum absolute atomic E-state index is 12.8. The van der Waals surface area contributed by atoms with Crippen LogP contribution in [0.15, 0.2) is 48.5 Å². The quantitative estimate of drug-likeness (QED) is 0.730. The summed E-state index contributed by atoms with van der Waals surface area (Å²) in [5, 5.41) is 0.832. The van der Waals surface area contributed by atoms with Gasteiger partial charge < -0.3 is 0 Å². The van der Waals surface area contributed by atoms with Crippen molar-refractivity contribution in [3.63, 3.8) is 0 Å². The highest BCUT2D eigenvalue weighted by molar-refractivity contribution is 7.18. The average Bonchev–Trinajstić information content (AvgIpc) is 2.83. The van der Waals surface area contributed by atoms with Crippen LogP contribution in [-0.4, -0.2) is 10.8 Å². The highest BCUT2D eigenvalue weighted by atomic mass is 32.1. The summed E-state index contributed by atoms with van der Waals surface area (Å²) < 4.78 is 13.9. The van der Waals surface area contributed by atoms with Crippen molar-refractivity contribution in [3.05, 3.63) is 64.9 Å². The minimum absolute atomic E-state index is 0.0932. The lowest BCUT2D eigenvalue weighted by Crippen LogP contribution is -2.06. The second-order valence-corrected chi connectivity index (χ2v) is 5.71. The zero-order chi connectivity index (χ0) is 13.9. The van der Waals surface area contributed by atoms with Crippen molar-refractivity contribution >= 4 is 27.3 Å². The van der Waals surface area contributed by atoms with Crippen LogP contribution in [0.25, 0.3) is 10.2 Å². The lowest BCUT2D eigenvalue weighted by atomic mass is 10.1. The zero-order valence-corrected chi connectivity index (χ0v) is 11.5. The molecule has 0 bridgehead atoms. The Morgan fingerprint density at radius 3 is 2.55 bits per heavy atom. The molecule has 1 heterocycles. The first kappa shape index (κ1) is 12.9. The first-order valence-electron chi connectivity index (χ1n) is 6.31. The summed E-state index contributed by atoms with van der Waals surface area (Å²) in [7, 11) is 0. The van der Waals surface area contributed by atoms with Crippen molar-refractivity contribution in [2.24, 2.45) is 0 Å². The summed E-state index contributed by atoms with van der Waals surface area (Å²) in [6, 6.07) is 13.9. The Labute approximate surface area is 119 Å². The van der Waals surface area contributed by atoms with Gasteiger partial charge in [-0.1, -0.05) is 24.3 Å². The van der Waals surface area contributed by atoms with Gasteiger partial charge in [-0.3, -0.25) is 4.79 Å². The van der Waals surface area contributed by atoms with Gasteiger partial charge in [0.05, 0.1) is 16.6 Å². The van der Waals surface area contributed by atoms with Gasteiger partial charge in [-0.25, -0.2) is 9.37 Å². The lowest BCUT2D eigenvalue weighted by Gasteiger charge is -1.99. The fraction of sp³-hybridized carbons (Fsp3) is 0.125. The number of halogens is 1. The second-order valence-electron chi connectivity index (χ2n) is 4.59. The largest absolute Gasteiger partial charge is 0.299 e. The lowest BCUT2D eigenvalue weighted by molar-refractivity contribution is -0.117. The third kappa shape index (κ3) is 2.91. The van der Waals surface area contributed by atoms with E-state index in [9.17, 15) is 9.18 Å². The molecule has 0 fully saturated rings. The number of hydrogen-bond acceptors (Lipinski definition) is 3. The van der Waals surface area contributed by atoms with Crippen LogP contribution in [0.1, 0.15) is 10.6 Å². The third-order valence-electron chi connectivity index (χ3n) is 3.00. The molecule has 100 valence electrons. The summed E-state index contributed by atoms with van der Waals surface area (Å²) in [5.74, 6) is -0.192. The van der Waals surface area contributed by atoms with E-state index in [-0.39, 0.29) is 11.6 Å². The molecule has 0 saturated heterocycles. The number of para-hydroxylation sites is 1. The summed E-state index contributed by atoms with van der Waals surface area (Å²) in [6.45, 7) is 0. The Bertz CT molecular complexity index is 716. The minimum Gasteiger partial charge on any atom is -0.299 e. The van der Waals surface area contributed by atoms with Gasteiger partial charge in [0.25, 0.3) is 0 Å². The number of carbonyl (C=O) groups excluding carboxylic acids is 1. The smallest absolute Gasteiger partial charge is 0.144 e. The number of aromatic nitrogens is 1. The standard InChI is InChI=1S/C16H12FNOS/c17-12-7-5-11(6-8-12)9-13(19)10-16-18-14-3-1-2-4-15(14)20-16/h1-8H,9-10H2. The van der Waals surface area contributed by atoms with Gasteiger partial charge in [-0.05, 0) is 29.8 Å². The number of carbonyl (C=O) groups is 1. The molecule has 20 heavy (non-hydrogen) atoms. The SMILES string of the molecule is O=C(Cc1ccc(F)cc1)Cc1nc2ccccc2s1. The van der Waals surface area contributed by atoms with E-state index >= 15 is 0 Å². The highest BCUT2D eigenvalue weighted by Crippen LogP contribution is 2.22. The molecule has 0 amide bonds. The maximum Gasteiger partial charge on any atom is 0.144 e. The molecule has 0 unspecified atom stereocenters. The number of rotatable bonds is 4. The predicted molar refractivity (Wildman–Crippen MR) is 78.4 cm³/mol. The van der Waals surface area contributed by atoms with Crippen LogP contribution in [0.3, 0.4) is 0 Å². The molecule has 0 spiro atoms. The summed E-state index contributed by atoms with van der Waals surface area (Å²) in [4.78, 5) is 16.5. The van der Waals surface area contributed by atoms with Crippen molar-refractivity contribution in [2.75, 3.05) is 0 Å². The van der Waals surface area contributed by atoms with Crippen molar-refractivity contribution in [3.8, 4) is 0 Å². The Kier molecular flexibility index (Phi) is 3.56. The molecule has 0 saturated carbocycles. The molecule has 0 aliphatic heterocycles. The van der Waals surface area contributed by atoms with Gasteiger partial charge in [-0.15, -0.1) is 11.3 Å². The van der Waals surface area contributed by atoms with E-state index in [1.54, 1.807) is 23.5 Å². The predicted octanol–water partition coefficient (Wildman–Crippen LogP) is 3.79. The van der Waals surface area contributed by atoms with E-state index in [2.05, 4.69) is 4.98 Å². The molecule has 0 aliphatic rings. The summed E-state index contributed by atoms with van der Waals surface area (Å²) in [5.41, 5.74) is 1.76. The van der Waals surface area contributed by atoms with Gasteiger partial charge in [0.1, 0.15) is 16.6 Å². The molecule has 0 radical (unpaired) electrons. The van der Waals surface area contributed by atoms with E-state index in [0.717, 1.165) is 20.8 Å². The molecular weight excluding hydrogens is 273 g/mol. The number of ketones is 1. The van der Waals surface area contributed by atoms with Gasteiger partial charge in [0.2, 0.25) is 0 Å². The fourth-order valence-corrected chi connectivity index (χ4v) is 3.05. The normalized spacial score (nSPS) is 10.8. The van der Waals surface area contributed by atoms with Gasteiger partial charge >= 0.3 is 0 Å². The van der Waals surface area contributed by atoms with Crippen LogP contribution < -0.4 is 0 Å². The molecule has 2 aromatic carbocycles. The summed E-state index contributed by atoms with van der Waals surface area (Å²) in [6.07, 6.45) is 0.646. The minimum atomic E-state index is -0.285. The van der Waals surface area contributed by atoms with Crippen molar-refractivity contribution < 1.29 is 9.18 Å². The topological polar surface area (TPSA) is 30.0 Å². The number of fused-ring (bicyclic) bond motifs is 1. The molecule has 1 aromatic heterocycles. The number of benzene rings is 2. The van der Waals surface area contributed by atoms with E-state index in [1.807, 2.05) is 24.3 Å². The number of hydrogen-bond donors (Lipinski definition) is 0. The molecule has 0 aliphatic carbocycles. The van der Waals surface area contributed by atoms with Crippen molar-refractivity contribution in [1.82, 2.24) is 4.98 Å². The van der Waals surface area contributed by atoms with E-state index in [0.29, 0.717) is 12.8 Å². The Morgan fingerprint density at radius 1 is 1.05 bits per heavy atom. The first-order chi connectivity index (χ1) is 9.70. The van der Waals surface area contributed by atoms with Gasteiger partial charge in [0, 0.05) is 6.42 Å². The molecule has 0 atom stereocenters. The van der Waals surface area contributed by atoms with E-state index < -0.39 is 0 Å². The monoisotopic (exact) mass is 285 g/mol. The molecule has 0 N–H and O–H groups in total. The fourth-order valence-electron chi connectivity index (χ4n) is 2.06. The third-order valence-corrected chi connectivity index (χ3v) is 4.04. The van der Waals surface area contributed by atoms with E-state index in [4.69, 9.17) is 0 Å². The van der Waals surface area contributed by atoms with Crippen molar-refractivity contribution in [2.45, 2.75) is 12.8 Å². The molecule has 2 nitrogen and oxygen atoms in total. The zero-order valence-electron chi connectivity index (χ0n) is 10.7. The Morgan fingerprint density at radius 2 is 1.80 bits per heavy atom. The van der Waals surface area contributed by atoms with Crippen LogP contribution in [-0.2, 0) is 17.6 Å². The summed E-state index contributed by atoms with van der Waals surface area (Å²) >= 11 is 1.55. The second kappa shape index (κ2) is 5.51. The number of nitrogens with zero attached hydrogens (tertiary/aromatic N) is 1. The van der Waals surface area contributed by atoms with Crippen molar-refractivity contribution in [1.29, 1.82) is 0 Å². The highest BCUT2D eigenvalue weighted by Gasteiger charge is 2.09. The van der Waals surface area contributed by atoms with Gasteiger partial charge in [-0.2, -0.15) is 0 Å². The molecule has 3 rings (SSSR count). The van der Waals surface area contributed by atoms with Crippen LogP contribution >= 0.6 is 11.3 Å².